The molecule has 0 unspecified atom stereocenters. The zero-order chi connectivity index (χ0) is 12.3. The van der Waals surface area contributed by atoms with Crippen molar-refractivity contribution in [3.63, 3.8) is 0 Å². The molecule has 0 aliphatic rings. The Labute approximate surface area is 108 Å². The molecule has 0 spiro atoms. The van der Waals surface area contributed by atoms with Gasteiger partial charge in [0.2, 0.25) is 5.88 Å². The van der Waals surface area contributed by atoms with Crippen LogP contribution in [0.2, 0.25) is 10.0 Å². The Bertz CT molecular complexity index is 517. The maximum Gasteiger partial charge on any atom is 0.237 e. The molecular formula is C11H9Cl2N3O. The zero-order valence-corrected chi connectivity index (χ0v) is 10.2. The van der Waals surface area contributed by atoms with Crippen molar-refractivity contribution in [2.75, 3.05) is 0 Å². The Morgan fingerprint density at radius 2 is 2.00 bits per heavy atom. The highest BCUT2D eigenvalue weighted by atomic mass is 35.5. The first kappa shape index (κ1) is 12.1. The van der Waals surface area contributed by atoms with Crippen LogP contribution >= 0.6 is 23.2 Å². The minimum atomic E-state index is 0.338. The minimum absolute atomic E-state index is 0.338. The lowest BCUT2D eigenvalue weighted by Crippen LogP contribution is -2.00. The zero-order valence-electron chi connectivity index (χ0n) is 8.73. The summed E-state index contributed by atoms with van der Waals surface area (Å²) >= 11 is 11.8. The summed E-state index contributed by atoms with van der Waals surface area (Å²) < 4.78 is 5.46. The number of hydrogen-bond acceptors (Lipinski definition) is 4. The SMILES string of the molecule is NCc1cnc(Oc2cccc(Cl)c2Cl)cn1. The highest BCUT2D eigenvalue weighted by Crippen LogP contribution is 2.33. The van der Waals surface area contributed by atoms with Crippen LogP contribution in [0.5, 0.6) is 11.6 Å². The van der Waals surface area contributed by atoms with E-state index >= 15 is 0 Å². The van der Waals surface area contributed by atoms with Crippen molar-refractivity contribution < 1.29 is 4.74 Å². The fraction of sp³-hybridized carbons (Fsp3) is 0.0909. The summed E-state index contributed by atoms with van der Waals surface area (Å²) in [5.74, 6) is 0.778. The van der Waals surface area contributed by atoms with Gasteiger partial charge in [0.25, 0.3) is 0 Å². The van der Waals surface area contributed by atoms with Crippen LogP contribution in [-0.2, 0) is 6.54 Å². The van der Waals surface area contributed by atoms with E-state index in [0.717, 1.165) is 0 Å². The molecule has 1 heterocycles. The van der Waals surface area contributed by atoms with Crippen LogP contribution in [0.25, 0.3) is 0 Å². The maximum atomic E-state index is 5.98. The predicted octanol–water partition coefficient (Wildman–Crippen LogP) is 3.03. The van der Waals surface area contributed by atoms with E-state index < -0.39 is 0 Å². The minimum Gasteiger partial charge on any atom is -0.436 e. The molecule has 2 aromatic rings. The lowest BCUT2D eigenvalue weighted by atomic mass is 10.3. The van der Waals surface area contributed by atoms with Crippen molar-refractivity contribution >= 4 is 23.2 Å². The van der Waals surface area contributed by atoms with Gasteiger partial charge in [0.05, 0.1) is 23.1 Å². The van der Waals surface area contributed by atoms with Crippen molar-refractivity contribution in [1.29, 1.82) is 0 Å². The van der Waals surface area contributed by atoms with E-state index in [4.69, 9.17) is 33.7 Å². The van der Waals surface area contributed by atoms with Crippen molar-refractivity contribution in [2.24, 2.45) is 5.73 Å². The van der Waals surface area contributed by atoms with Crippen molar-refractivity contribution in [3.05, 3.63) is 46.3 Å². The van der Waals surface area contributed by atoms with E-state index in [0.29, 0.717) is 33.9 Å². The van der Waals surface area contributed by atoms with Gasteiger partial charge in [0.1, 0.15) is 10.8 Å². The largest absolute Gasteiger partial charge is 0.436 e. The van der Waals surface area contributed by atoms with Gasteiger partial charge in [-0.3, -0.25) is 4.98 Å². The lowest BCUT2D eigenvalue weighted by molar-refractivity contribution is 0.459. The summed E-state index contributed by atoms with van der Waals surface area (Å²) in [6.45, 7) is 0.338. The number of nitrogens with zero attached hydrogens (tertiary/aromatic N) is 2. The summed E-state index contributed by atoms with van der Waals surface area (Å²) in [5.41, 5.74) is 6.10. The molecular weight excluding hydrogens is 261 g/mol. The molecule has 0 amide bonds. The fourth-order valence-electron chi connectivity index (χ4n) is 1.18. The van der Waals surface area contributed by atoms with Crippen LogP contribution in [0.3, 0.4) is 0 Å². The molecule has 0 saturated heterocycles. The second-order valence-electron chi connectivity index (χ2n) is 3.20. The molecule has 17 heavy (non-hydrogen) atoms. The normalized spacial score (nSPS) is 10.3. The molecule has 2 N–H and O–H groups in total. The van der Waals surface area contributed by atoms with Gasteiger partial charge < -0.3 is 10.5 Å². The summed E-state index contributed by atoms with van der Waals surface area (Å²) in [4.78, 5) is 8.11. The second kappa shape index (κ2) is 5.31. The van der Waals surface area contributed by atoms with Gasteiger partial charge in [-0.25, -0.2) is 4.98 Å². The molecule has 0 aliphatic heterocycles. The summed E-state index contributed by atoms with van der Waals surface area (Å²) in [6, 6.07) is 5.12. The average molecular weight is 270 g/mol. The van der Waals surface area contributed by atoms with Gasteiger partial charge in [-0.05, 0) is 12.1 Å². The van der Waals surface area contributed by atoms with E-state index in [1.165, 1.54) is 6.20 Å². The molecule has 1 aromatic carbocycles. The molecule has 88 valence electrons. The summed E-state index contributed by atoms with van der Waals surface area (Å²) in [6.07, 6.45) is 3.03. The molecule has 0 bridgehead atoms. The van der Waals surface area contributed by atoms with E-state index in [1.807, 2.05) is 0 Å². The standard InChI is InChI=1S/C11H9Cl2N3O/c12-8-2-1-3-9(11(8)13)17-10-6-15-7(4-14)5-16-10/h1-3,5-6H,4,14H2. The van der Waals surface area contributed by atoms with Gasteiger partial charge in [-0.15, -0.1) is 0 Å². The molecule has 0 fully saturated rings. The van der Waals surface area contributed by atoms with E-state index in [2.05, 4.69) is 9.97 Å². The number of ether oxygens (including phenoxy) is 1. The maximum absolute atomic E-state index is 5.98. The topological polar surface area (TPSA) is 61.0 Å². The third-order valence-electron chi connectivity index (χ3n) is 2.02. The first-order chi connectivity index (χ1) is 8.20. The van der Waals surface area contributed by atoms with Crippen molar-refractivity contribution in [3.8, 4) is 11.6 Å². The molecule has 2 rings (SSSR count). The smallest absolute Gasteiger partial charge is 0.237 e. The monoisotopic (exact) mass is 269 g/mol. The lowest BCUT2D eigenvalue weighted by Gasteiger charge is -2.07. The third-order valence-corrected chi connectivity index (χ3v) is 2.82. The third kappa shape index (κ3) is 2.85. The van der Waals surface area contributed by atoms with Crippen LogP contribution in [0.1, 0.15) is 5.69 Å². The van der Waals surface area contributed by atoms with Crippen molar-refractivity contribution in [2.45, 2.75) is 6.54 Å². The molecule has 0 saturated carbocycles. The van der Waals surface area contributed by atoms with Crippen LogP contribution in [-0.4, -0.2) is 9.97 Å². The van der Waals surface area contributed by atoms with Gasteiger partial charge >= 0.3 is 0 Å². The second-order valence-corrected chi connectivity index (χ2v) is 3.99. The Kier molecular flexibility index (Phi) is 3.78. The molecule has 6 heteroatoms. The molecule has 1 aromatic heterocycles. The summed E-state index contributed by atoms with van der Waals surface area (Å²) in [7, 11) is 0. The van der Waals surface area contributed by atoms with Gasteiger partial charge in [0, 0.05) is 6.54 Å². The number of nitrogens with two attached hydrogens (primary N) is 1. The predicted molar refractivity (Wildman–Crippen MR) is 66.5 cm³/mol. The van der Waals surface area contributed by atoms with Gasteiger partial charge in [-0.2, -0.15) is 0 Å². The molecule has 0 aliphatic carbocycles. The Balaban J connectivity index is 2.22. The number of hydrogen-bond donors (Lipinski definition) is 1. The van der Waals surface area contributed by atoms with Crippen LogP contribution < -0.4 is 10.5 Å². The fourth-order valence-corrected chi connectivity index (χ4v) is 1.51. The number of rotatable bonds is 3. The van der Waals surface area contributed by atoms with Gasteiger partial charge in [0.15, 0.2) is 0 Å². The van der Waals surface area contributed by atoms with Crippen LogP contribution in [0.4, 0.5) is 0 Å². The first-order valence-corrected chi connectivity index (χ1v) is 5.59. The number of halogens is 2. The quantitative estimate of drug-likeness (QED) is 0.931. The first-order valence-electron chi connectivity index (χ1n) is 4.83. The van der Waals surface area contributed by atoms with E-state index in [1.54, 1.807) is 24.4 Å². The number of benzene rings is 1. The Hall–Kier alpha value is -1.36. The van der Waals surface area contributed by atoms with Crippen molar-refractivity contribution in [1.82, 2.24) is 9.97 Å². The van der Waals surface area contributed by atoms with E-state index in [-0.39, 0.29) is 0 Å². The molecule has 4 nitrogen and oxygen atoms in total. The van der Waals surface area contributed by atoms with Gasteiger partial charge in [-0.1, -0.05) is 29.3 Å². The van der Waals surface area contributed by atoms with Crippen LogP contribution in [0, 0.1) is 0 Å². The Morgan fingerprint density at radius 3 is 2.65 bits per heavy atom. The number of aromatic nitrogens is 2. The van der Waals surface area contributed by atoms with Crippen LogP contribution in [0.15, 0.2) is 30.6 Å². The average Bonchev–Trinajstić information content (AvgIpc) is 2.36. The molecule has 0 radical (unpaired) electrons. The highest BCUT2D eigenvalue weighted by molar-refractivity contribution is 6.42. The molecule has 0 atom stereocenters. The van der Waals surface area contributed by atoms with E-state index in [9.17, 15) is 0 Å². The summed E-state index contributed by atoms with van der Waals surface area (Å²) in [5, 5.41) is 0.773. The highest BCUT2D eigenvalue weighted by Gasteiger charge is 2.07. The Morgan fingerprint density at radius 1 is 1.18 bits per heavy atom.